The summed E-state index contributed by atoms with van der Waals surface area (Å²) in [7, 11) is 0. The van der Waals surface area contributed by atoms with Crippen molar-refractivity contribution in [3.8, 4) is 0 Å². The molecule has 4 nitrogen and oxygen atoms in total. The van der Waals surface area contributed by atoms with E-state index in [0.717, 1.165) is 11.1 Å². The Morgan fingerprint density at radius 3 is 3.14 bits per heavy atom. The minimum absolute atomic E-state index is 0.110. The third kappa shape index (κ3) is 1.37. The van der Waals surface area contributed by atoms with Crippen LogP contribution in [-0.2, 0) is 0 Å². The molecule has 2 aromatic rings. The second-order valence-electron chi connectivity index (χ2n) is 3.04. The fourth-order valence-electron chi connectivity index (χ4n) is 1.44. The Kier molecular flexibility index (Phi) is 2.41. The average Bonchev–Trinajstić information content (AvgIpc) is 2.59. The van der Waals surface area contributed by atoms with Gasteiger partial charge in [0, 0.05) is 6.20 Å². The molecule has 0 aliphatic rings. The number of aromatic nitrogens is 2. The van der Waals surface area contributed by atoms with Gasteiger partial charge in [0.1, 0.15) is 6.33 Å². The Morgan fingerprint density at radius 1 is 1.64 bits per heavy atom. The number of pyridine rings is 1. The highest BCUT2D eigenvalue weighted by molar-refractivity contribution is 6.32. The fraction of sp³-hybridized carbons (Fsp3) is 0.222. The summed E-state index contributed by atoms with van der Waals surface area (Å²) in [6.07, 6.45) is 3.45. The number of aliphatic hydroxyl groups excluding tert-OH is 1. The van der Waals surface area contributed by atoms with Gasteiger partial charge in [0.05, 0.1) is 18.2 Å². The van der Waals surface area contributed by atoms with E-state index >= 15 is 0 Å². The molecule has 1 unspecified atom stereocenters. The standard InChI is InChI=1S/C9H10ClN3O/c10-9-8-6(7(11)4-14)2-1-3-13(8)5-12-9/h1-3,5,7,14H,4,11H2. The number of nitrogens with two attached hydrogens (primary N) is 1. The average molecular weight is 212 g/mol. The molecule has 3 N–H and O–H groups in total. The monoisotopic (exact) mass is 211 g/mol. The van der Waals surface area contributed by atoms with E-state index < -0.39 is 6.04 Å². The summed E-state index contributed by atoms with van der Waals surface area (Å²) in [5, 5.41) is 9.39. The van der Waals surface area contributed by atoms with E-state index in [-0.39, 0.29) is 6.61 Å². The summed E-state index contributed by atoms with van der Waals surface area (Å²) in [6, 6.07) is 3.26. The molecule has 0 spiro atoms. The van der Waals surface area contributed by atoms with Crippen LogP contribution in [-0.4, -0.2) is 21.1 Å². The van der Waals surface area contributed by atoms with Crippen LogP contribution in [0, 0.1) is 0 Å². The van der Waals surface area contributed by atoms with Crippen molar-refractivity contribution in [1.82, 2.24) is 9.38 Å². The van der Waals surface area contributed by atoms with Crippen LogP contribution >= 0.6 is 11.6 Å². The number of aliphatic hydroxyl groups is 1. The first-order chi connectivity index (χ1) is 6.74. The summed E-state index contributed by atoms with van der Waals surface area (Å²) >= 11 is 5.91. The van der Waals surface area contributed by atoms with Crippen molar-refractivity contribution in [2.24, 2.45) is 5.73 Å². The summed E-state index contributed by atoms with van der Waals surface area (Å²) in [5.41, 5.74) is 7.30. The number of fused-ring (bicyclic) bond motifs is 1. The van der Waals surface area contributed by atoms with Crippen LogP contribution in [0.1, 0.15) is 11.6 Å². The molecule has 2 rings (SSSR count). The van der Waals surface area contributed by atoms with Crippen molar-refractivity contribution >= 4 is 17.1 Å². The van der Waals surface area contributed by atoms with Gasteiger partial charge in [0.2, 0.25) is 0 Å². The van der Waals surface area contributed by atoms with Gasteiger partial charge < -0.3 is 15.2 Å². The Morgan fingerprint density at radius 2 is 2.43 bits per heavy atom. The Hall–Kier alpha value is -1.10. The maximum Gasteiger partial charge on any atom is 0.155 e. The van der Waals surface area contributed by atoms with Crippen molar-refractivity contribution < 1.29 is 5.11 Å². The third-order valence-corrected chi connectivity index (χ3v) is 2.42. The first kappa shape index (κ1) is 9.45. The molecular weight excluding hydrogens is 202 g/mol. The third-order valence-electron chi connectivity index (χ3n) is 2.14. The highest BCUT2D eigenvalue weighted by atomic mass is 35.5. The number of nitrogens with zero attached hydrogens (tertiary/aromatic N) is 2. The highest BCUT2D eigenvalue weighted by Crippen LogP contribution is 2.23. The zero-order chi connectivity index (χ0) is 10.1. The van der Waals surface area contributed by atoms with Crippen LogP contribution in [0.15, 0.2) is 24.7 Å². The first-order valence-corrected chi connectivity index (χ1v) is 4.59. The maximum absolute atomic E-state index is 8.98. The quantitative estimate of drug-likeness (QED) is 0.779. The topological polar surface area (TPSA) is 63.5 Å². The highest BCUT2D eigenvalue weighted by Gasteiger charge is 2.12. The van der Waals surface area contributed by atoms with E-state index in [1.165, 1.54) is 0 Å². The van der Waals surface area contributed by atoms with Crippen LogP contribution in [0.2, 0.25) is 5.15 Å². The van der Waals surface area contributed by atoms with Gasteiger partial charge in [-0.15, -0.1) is 0 Å². The molecule has 0 aromatic carbocycles. The van der Waals surface area contributed by atoms with E-state index in [1.54, 1.807) is 10.7 Å². The molecule has 2 aromatic heterocycles. The van der Waals surface area contributed by atoms with Crippen LogP contribution < -0.4 is 5.73 Å². The molecule has 0 aliphatic carbocycles. The Labute approximate surface area is 85.9 Å². The largest absolute Gasteiger partial charge is 0.394 e. The van der Waals surface area contributed by atoms with E-state index in [9.17, 15) is 0 Å². The fourth-order valence-corrected chi connectivity index (χ4v) is 1.69. The molecular formula is C9H10ClN3O. The summed E-state index contributed by atoms with van der Waals surface area (Å²) < 4.78 is 1.78. The lowest BCUT2D eigenvalue weighted by Crippen LogP contribution is -2.15. The van der Waals surface area contributed by atoms with Gasteiger partial charge in [-0.1, -0.05) is 17.7 Å². The normalized spacial score (nSPS) is 13.4. The van der Waals surface area contributed by atoms with Crippen LogP contribution in [0.3, 0.4) is 0 Å². The first-order valence-electron chi connectivity index (χ1n) is 4.21. The molecule has 0 saturated heterocycles. The second-order valence-corrected chi connectivity index (χ2v) is 3.40. The minimum Gasteiger partial charge on any atom is -0.394 e. The molecule has 0 bridgehead atoms. The molecule has 14 heavy (non-hydrogen) atoms. The van der Waals surface area contributed by atoms with Gasteiger partial charge in [-0.2, -0.15) is 0 Å². The molecule has 0 saturated carbocycles. The van der Waals surface area contributed by atoms with E-state index in [4.69, 9.17) is 22.4 Å². The maximum atomic E-state index is 8.98. The summed E-state index contributed by atoms with van der Waals surface area (Å²) in [5.74, 6) is 0. The van der Waals surface area contributed by atoms with Crippen LogP contribution in [0.25, 0.3) is 5.52 Å². The van der Waals surface area contributed by atoms with Gasteiger partial charge in [0.25, 0.3) is 0 Å². The van der Waals surface area contributed by atoms with Crippen molar-refractivity contribution in [3.63, 3.8) is 0 Å². The van der Waals surface area contributed by atoms with Gasteiger partial charge >= 0.3 is 0 Å². The van der Waals surface area contributed by atoms with Gasteiger partial charge in [0.15, 0.2) is 5.15 Å². The Balaban J connectivity index is 2.69. The second kappa shape index (κ2) is 3.57. The number of imidazole rings is 1. The van der Waals surface area contributed by atoms with Crippen LogP contribution in [0.4, 0.5) is 0 Å². The number of hydrogen-bond acceptors (Lipinski definition) is 3. The van der Waals surface area contributed by atoms with Crippen LogP contribution in [0.5, 0.6) is 0 Å². The molecule has 0 aliphatic heterocycles. The van der Waals surface area contributed by atoms with Crippen molar-refractivity contribution in [3.05, 3.63) is 35.4 Å². The van der Waals surface area contributed by atoms with Gasteiger partial charge in [-0.05, 0) is 11.6 Å². The molecule has 0 amide bonds. The molecule has 74 valence electrons. The lowest BCUT2D eigenvalue weighted by Gasteiger charge is -2.10. The van der Waals surface area contributed by atoms with Gasteiger partial charge in [-0.25, -0.2) is 4.98 Å². The smallest absolute Gasteiger partial charge is 0.155 e. The van der Waals surface area contributed by atoms with Crippen molar-refractivity contribution in [2.75, 3.05) is 6.61 Å². The summed E-state index contributed by atoms with van der Waals surface area (Å²) in [4.78, 5) is 3.96. The lowest BCUT2D eigenvalue weighted by atomic mass is 10.1. The van der Waals surface area contributed by atoms with Crippen molar-refractivity contribution in [1.29, 1.82) is 0 Å². The zero-order valence-electron chi connectivity index (χ0n) is 7.39. The predicted molar refractivity (Wildman–Crippen MR) is 54.2 cm³/mol. The Bertz CT molecular complexity index is 454. The van der Waals surface area contributed by atoms with E-state index in [1.807, 2.05) is 18.3 Å². The lowest BCUT2D eigenvalue weighted by molar-refractivity contribution is 0.268. The SMILES string of the molecule is NC(CO)c1cccn2cnc(Cl)c12. The molecule has 2 heterocycles. The van der Waals surface area contributed by atoms with Crippen molar-refractivity contribution in [2.45, 2.75) is 6.04 Å². The van der Waals surface area contributed by atoms with E-state index in [0.29, 0.717) is 5.15 Å². The molecule has 5 heteroatoms. The van der Waals surface area contributed by atoms with Gasteiger partial charge in [-0.3, -0.25) is 0 Å². The molecule has 0 radical (unpaired) electrons. The zero-order valence-corrected chi connectivity index (χ0v) is 8.15. The number of rotatable bonds is 2. The van der Waals surface area contributed by atoms with E-state index in [2.05, 4.69) is 4.98 Å². The number of halogens is 1. The number of hydrogen-bond donors (Lipinski definition) is 2. The molecule has 0 fully saturated rings. The molecule has 1 atom stereocenters. The predicted octanol–water partition coefficient (Wildman–Crippen LogP) is 0.980. The minimum atomic E-state index is -0.423. The summed E-state index contributed by atoms with van der Waals surface area (Å²) in [6.45, 7) is -0.110.